The van der Waals surface area contributed by atoms with E-state index in [0.29, 0.717) is 0 Å². The summed E-state index contributed by atoms with van der Waals surface area (Å²) >= 11 is 0. The first-order valence-electron chi connectivity index (χ1n) is 4.69. The predicted octanol–water partition coefficient (Wildman–Crippen LogP) is 2.08. The maximum Gasteiger partial charge on any atom is 0.111 e. The van der Waals surface area contributed by atoms with E-state index in [-0.39, 0.29) is 11.0 Å². The average Bonchev–Trinajstić information content (AvgIpc) is 1.79. The first-order chi connectivity index (χ1) is 5.64. The second kappa shape index (κ2) is 4.09. The van der Waals surface area contributed by atoms with Crippen LogP contribution >= 0.6 is 0 Å². The third kappa shape index (κ3) is 7.78. The van der Waals surface area contributed by atoms with Crippen molar-refractivity contribution in [2.75, 3.05) is 0 Å². The van der Waals surface area contributed by atoms with Gasteiger partial charge < -0.3 is 5.43 Å². The summed E-state index contributed by atoms with van der Waals surface area (Å²) in [6.07, 6.45) is 0.876. The van der Waals surface area contributed by atoms with Gasteiger partial charge in [0.1, 0.15) is 5.84 Å². The van der Waals surface area contributed by atoms with Crippen LogP contribution in [0.4, 0.5) is 0 Å². The Morgan fingerprint density at radius 3 is 1.85 bits per heavy atom. The predicted molar refractivity (Wildman–Crippen MR) is 58.6 cm³/mol. The molecule has 0 aliphatic rings. The van der Waals surface area contributed by atoms with Gasteiger partial charge in [-0.15, -0.1) is 0 Å². The minimum Gasteiger partial charge on any atom is -0.312 e. The molecule has 0 fully saturated rings. The molecule has 0 saturated carbocycles. The van der Waals surface area contributed by atoms with Gasteiger partial charge in [0.05, 0.1) is 5.54 Å². The molecule has 0 aromatic rings. The van der Waals surface area contributed by atoms with Gasteiger partial charge in [0.2, 0.25) is 0 Å². The van der Waals surface area contributed by atoms with Crippen molar-refractivity contribution in [3.63, 3.8) is 0 Å². The molecule has 0 aromatic carbocycles. The molecule has 0 amide bonds. The molecule has 78 valence electrons. The lowest BCUT2D eigenvalue weighted by molar-refractivity contribution is 0.425. The quantitative estimate of drug-likeness (QED) is 0.284. The molecule has 0 bridgehead atoms. The fourth-order valence-electron chi connectivity index (χ4n) is 1.03. The van der Waals surface area contributed by atoms with E-state index in [1.54, 1.807) is 0 Å². The summed E-state index contributed by atoms with van der Waals surface area (Å²) < 4.78 is 0. The Balaban J connectivity index is 4.45. The normalized spacial score (nSPS) is 14.5. The maximum absolute atomic E-state index is 5.41. The third-order valence-electron chi connectivity index (χ3n) is 1.33. The summed E-state index contributed by atoms with van der Waals surface area (Å²) in [6.45, 7) is 12.7. The van der Waals surface area contributed by atoms with Crippen LogP contribution in [0, 0.1) is 5.41 Å². The van der Waals surface area contributed by atoms with Crippen molar-refractivity contribution in [3.05, 3.63) is 0 Å². The van der Waals surface area contributed by atoms with E-state index in [0.717, 1.165) is 12.3 Å². The lowest BCUT2D eigenvalue weighted by Crippen LogP contribution is -2.35. The molecule has 0 radical (unpaired) electrons. The van der Waals surface area contributed by atoms with E-state index in [2.05, 4.69) is 52.0 Å². The zero-order valence-electron chi connectivity index (χ0n) is 9.73. The number of hydrogen-bond acceptors (Lipinski definition) is 2. The Labute approximate surface area is 81.8 Å². The molecule has 3 N–H and O–H groups in total. The highest BCUT2D eigenvalue weighted by molar-refractivity contribution is 5.82. The minimum absolute atomic E-state index is 0.0625. The van der Waals surface area contributed by atoms with Crippen molar-refractivity contribution >= 4 is 5.84 Å². The summed E-state index contributed by atoms with van der Waals surface area (Å²) in [6, 6.07) is 0. The van der Waals surface area contributed by atoms with E-state index in [1.807, 2.05) is 0 Å². The number of rotatable bonds is 1. The standard InChI is InChI=1S/C10H23N3/c1-9(2,3)7-8(13-11)12-10(4,5)6/h7,11H2,1-6H3,(H,12,13). The highest BCUT2D eigenvalue weighted by Crippen LogP contribution is 2.19. The molecular weight excluding hydrogens is 162 g/mol. The molecule has 0 atom stereocenters. The van der Waals surface area contributed by atoms with Gasteiger partial charge in [-0.25, -0.2) is 5.84 Å². The molecule has 13 heavy (non-hydrogen) atoms. The van der Waals surface area contributed by atoms with Gasteiger partial charge in [-0.3, -0.25) is 4.99 Å². The number of aliphatic imine (C=N–C) groups is 1. The summed E-state index contributed by atoms with van der Waals surface area (Å²) in [5, 5.41) is 0. The lowest BCUT2D eigenvalue weighted by Gasteiger charge is -2.22. The fourth-order valence-corrected chi connectivity index (χ4v) is 1.03. The van der Waals surface area contributed by atoms with Crippen LogP contribution in [0.3, 0.4) is 0 Å². The van der Waals surface area contributed by atoms with Gasteiger partial charge in [-0.1, -0.05) is 20.8 Å². The van der Waals surface area contributed by atoms with Crippen molar-refractivity contribution < 1.29 is 0 Å². The number of hydrazine groups is 1. The Kier molecular flexibility index (Phi) is 3.91. The van der Waals surface area contributed by atoms with Gasteiger partial charge in [-0.05, 0) is 26.2 Å². The molecule has 0 aromatic heterocycles. The highest BCUT2D eigenvalue weighted by atomic mass is 15.3. The zero-order valence-corrected chi connectivity index (χ0v) is 9.73. The summed E-state index contributed by atoms with van der Waals surface area (Å²) in [5.41, 5.74) is 2.82. The largest absolute Gasteiger partial charge is 0.312 e. The fraction of sp³-hybridized carbons (Fsp3) is 0.900. The molecule has 0 rings (SSSR count). The lowest BCUT2D eigenvalue weighted by atomic mass is 9.91. The van der Waals surface area contributed by atoms with E-state index in [1.165, 1.54) is 0 Å². The molecule has 0 saturated heterocycles. The van der Waals surface area contributed by atoms with E-state index >= 15 is 0 Å². The summed E-state index contributed by atoms with van der Waals surface area (Å²) in [5.74, 6) is 6.28. The van der Waals surface area contributed by atoms with Gasteiger partial charge in [-0.2, -0.15) is 0 Å². The maximum atomic E-state index is 5.41. The number of hydrogen-bond donors (Lipinski definition) is 2. The van der Waals surface area contributed by atoms with Crippen molar-refractivity contribution in [1.82, 2.24) is 5.43 Å². The van der Waals surface area contributed by atoms with Crippen LogP contribution in [-0.2, 0) is 0 Å². The molecule has 0 spiro atoms. The first-order valence-corrected chi connectivity index (χ1v) is 4.69. The van der Waals surface area contributed by atoms with Crippen LogP contribution < -0.4 is 11.3 Å². The van der Waals surface area contributed by atoms with Crippen LogP contribution in [0.1, 0.15) is 48.0 Å². The number of amidine groups is 1. The second-order valence-electron chi connectivity index (χ2n) is 5.61. The number of nitrogens with zero attached hydrogens (tertiary/aromatic N) is 1. The van der Waals surface area contributed by atoms with Gasteiger partial charge in [0, 0.05) is 6.42 Å². The Morgan fingerprint density at radius 2 is 1.62 bits per heavy atom. The highest BCUT2D eigenvalue weighted by Gasteiger charge is 2.16. The molecule has 0 aliphatic heterocycles. The monoisotopic (exact) mass is 185 g/mol. The van der Waals surface area contributed by atoms with Crippen LogP contribution in [0.25, 0.3) is 0 Å². The van der Waals surface area contributed by atoms with Gasteiger partial charge >= 0.3 is 0 Å². The molecule has 0 unspecified atom stereocenters. The molecule has 0 aliphatic carbocycles. The summed E-state index contributed by atoms with van der Waals surface area (Å²) in [7, 11) is 0. The minimum atomic E-state index is -0.0625. The van der Waals surface area contributed by atoms with E-state index in [4.69, 9.17) is 5.84 Å². The van der Waals surface area contributed by atoms with Crippen molar-refractivity contribution in [2.45, 2.75) is 53.5 Å². The number of nitrogens with one attached hydrogen (secondary N) is 1. The average molecular weight is 185 g/mol. The van der Waals surface area contributed by atoms with Crippen molar-refractivity contribution in [3.8, 4) is 0 Å². The Hall–Kier alpha value is -0.570. The van der Waals surface area contributed by atoms with Gasteiger partial charge in [0.15, 0.2) is 0 Å². The van der Waals surface area contributed by atoms with Crippen molar-refractivity contribution in [2.24, 2.45) is 16.3 Å². The molecule has 3 nitrogen and oxygen atoms in total. The van der Waals surface area contributed by atoms with Crippen molar-refractivity contribution in [1.29, 1.82) is 0 Å². The molecule has 3 heteroatoms. The third-order valence-corrected chi connectivity index (χ3v) is 1.33. The van der Waals surface area contributed by atoms with Crippen LogP contribution in [-0.4, -0.2) is 11.4 Å². The van der Waals surface area contributed by atoms with E-state index < -0.39 is 0 Å². The molecule has 0 heterocycles. The smallest absolute Gasteiger partial charge is 0.111 e. The summed E-state index contributed by atoms with van der Waals surface area (Å²) in [4.78, 5) is 4.49. The zero-order chi connectivity index (χ0) is 10.7. The topological polar surface area (TPSA) is 50.4 Å². The molecular formula is C10H23N3. The number of nitrogens with two attached hydrogens (primary N) is 1. The Morgan fingerprint density at radius 1 is 1.15 bits per heavy atom. The first kappa shape index (κ1) is 12.4. The van der Waals surface area contributed by atoms with Crippen LogP contribution in [0.15, 0.2) is 4.99 Å². The Bertz CT molecular complexity index is 181. The van der Waals surface area contributed by atoms with Crippen LogP contribution in [0.5, 0.6) is 0 Å². The SMILES string of the molecule is CC(C)(C)CC(=NC(C)(C)C)NN. The second-order valence-corrected chi connectivity index (χ2v) is 5.61. The van der Waals surface area contributed by atoms with Crippen LogP contribution in [0.2, 0.25) is 0 Å². The van der Waals surface area contributed by atoms with E-state index in [9.17, 15) is 0 Å². The van der Waals surface area contributed by atoms with Gasteiger partial charge in [0.25, 0.3) is 0 Å².